The molecule has 53 heavy (non-hydrogen) atoms. The van der Waals surface area contributed by atoms with Gasteiger partial charge in [-0.05, 0) is 76.6 Å². The number of aromatic nitrogens is 2. The van der Waals surface area contributed by atoms with E-state index < -0.39 is 23.8 Å². The third kappa shape index (κ3) is 16.7. The molecular formula is C36H31BrCl2N4O10. The standard InChI is InChI=1S/C18H15ClN2O5.C9H9BrN2O4.C9H7ClO/c1-25-16(23)11-21-18(24)17-15(22)9-12(10-20-17)3-2-8-26-14-6-4-13(19)5-7-14;1-16-7(14)4-12-9(15)8-6(13)2-5(10)3-11-8;1-2-7-11-9-5-3-8(10)4-6-9/h4-7,9-10,22H,8,11H2,1H3,(H,21,24);2-3,13H,4H2,1H3,(H,12,15);1,3-6H,7H2. The number of pyridine rings is 2. The van der Waals surface area contributed by atoms with E-state index in [1.54, 1.807) is 48.5 Å². The topological polar surface area (TPSA) is 196 Å². The highest BCUT2D eigenvalue weighted by Gasteiger charge is 2.15. The number of rotatable bonds is 10. The van der Waals surface area contributed by atoms with Gasteiger partial charge in [-0.2, -0.15) is 0 Å². The van der Waals surface area contributed by atoms with E-state index in [4.69, 9.17) is 39.1 Å². The lowest BCUT2D eigenvalue weighted by atomic mass is 10.2. The summed E-state index contributed by atoms with van der Waals surface area (Å²) in [5.74, 6) is 6.14. The van der Waals surface area contributed by atoms with Gasteiger partial charge in [0.25, 0.3) is 11.8 Å². The fourth-order valence-electron chi connectivity index (χ4n) is 3.36. The number of carbonyl (C=O) groups excluding carboxylic acids is 4. The van der Waals surface area contributed by atoms with Crippen molar-refractivity contribution in [2.75, 3.05) is 40.5 Å². The molecule has 276 valence electrons. The molecule has 0 atom stereocenters. The van der Waals surface area contributed by atoms with Gasteiger partial charge in [0.2, 0.25) is 0 Å². The predicted octanol–water partition coefficient (Wildman–Crippen LogP) is 4.58. The van der Waals surface area contributed by atoms with Crippen molar-refractivity contribution in [3.05, 3.63) is 105 Å². The molecule has 2 aromatic carbocycles. The van der Waals surface area contributed by atoms with Gasteiger partial charge in [-0.3, -0.25) is 19.2 Å². The zero-order valence-electron chi connectivity index (χ0n) is 28.0. The molecule has 0 saturated carbocycles. The highest BCUT2D eigenvalue weighted by Crippen LogP contribution is 2.20. The van der Waals surface area contributed by atoms with Crippen LogP contribution in [0.5, 0.6) is 23.0 Å². The molecule has 0 aliphatic heterocycles. The fraction of sp³-hybridized carbons (Fsp3) is 0.167. The van der Waals surface area contributed by atoms with Gasteiger partial charge in [-0.15, -0.1) is 6.42 Å². The first-order chi connectivity index (χ1) is 25.4. The molecule has 17 heteroatoms. The van der Waals surface area contributed by atoms with Crippen molar-refractivity contribution >= 4 is 62.9 Å². The first-order valence-electron chi connectivity index (χ1n) is 14.8. The smallest absolute Gasteiger partial charge is 0.325 e. The highest BCUT2D eigenvalue weighted by atomic mass is 79.9. The minimum Gasteiger partial charge on any atom is -0.505 e. The lowest BCUT2D eigenvalue weighted by Crippen LogP contribution is -2.30. The molecule has 4 rings (SSSR count). The molecule has 0 fully saturated rings. The molecule has 2 aromatic heterocycles. The van der Waals surface area contributed by atoms with Crippen LogP contribution in [0.25, 0.3) is 0 Å². The van der Waals surface area contributed by atoms with Crippen LogP contribution in [-0.2, 0) is 19.1 Å². The van der Waals surface area contributed by atoms with Gasteiger partial charge < -0.3 is 39.8 Å². The Morgan fingerprint density at radius 1 is 0.755 bits per heavy atom. The van der Waals surface area contributed by atoms with Crippen molar-refractivity contribution < 1.29 is 48.3 Å². The minimum atomic E-state index is -0.696. The molecule has 0 saturated heterocycles. The van der Waals surface area contributed by atoms with Gasteiger partial charge in [-0.1, -0.05) is 41.0 Å². The van der Waals surface area contributed by atoms with Crippen LogP contribution >= 0.6 is 39.1 Å². The van der Waals surface area contributed by atoms with Crippen molar-refractivity contribution in [1.82, 2.24) is 20.6 Å². The Morgan fingerprint density at radius 2 is 1.21 bits per heavy atom. The number of nitrogens with zero attached hydrogens (tertiary/aromatic N) is 2. The van der Waals surface area contributed by atoms with E-state index in [-0.39, 0.29) is 42.6 Å². The number of halogens is 3. The van der Waals surface area contributed by atoms with Crippen LogP contribution in [-0.4, -0.2) is 84.5 Å². The van der Waals surface area contributed by atoms with Crippen LogP contribution in [0.4, 0.5) is 0 Å². The Balaban J connectivity index is 0.000000305. The molecule has 0 bridgehead atoms. The van der Waals surface area contributed by atoms with E-state index >= 15 is 0 Å². The van der Waals surface area contributed by atoms with Crippen molar-refractivity contribution in [3.8, 4) is 47.2 Å². The second-order valence-electron chi connectivity index (χ2n) is 9.62. The lowest BCUT2D eigenvalue weighted by Gasteiger charge is -2.05. The van der Waals surface area contributed by atoms with Crippen molar-refractivity contribution in [2.24, 2.45) is 0 Å². The first kappa shape index (κ1) is 43.2. The molecule has 0 spiro atoms. The number of hydrogen-bond donors (Lipinski definition) is 4. The van der Waals surface area contributed by atoms with Gasteiger partial charge in [0.15, 0.2) is 11.4 Å². The number of esters is 2. The number of aromatic hydroxyl groups is 2. The van der Waals surface area contributed by atoms with Crippen LogP contribution in [0.3, 0.4) is 0 Å². The van der Waals surface area contributed by atoms with Crippen LogP contribution in [0.15, 0.2) is 77.5 Å². The molecule has 0 aliphatic rings. The maximum absolute atomic E-state index is 11.8. The van der Waals surface area contributed by atoms with Gasteiger partial charge in [-0.25, -0.2) is 9.97 Å². The van der Waals surface area contributed by atoms with Gasteiger partial charge in [0.1, 0.15) is 49.3 Å². The quantitative estimate of drug-likeness (QED) is 0.129. The molecule has 4 aromatic rings. The SMILES string of the molecule is C#CCOc1ccc(Cl)cc1.COC(=O)CNC(=O)c1ncc(Br)cc1O.COC(=O)CNC(=O)c1ncc(C#CCOc2ccc(Cl)cc2)cc1O. The molecule has 0 radical (unpaired) electrons. The van der Waals surface area contributed by atoms with E-state index in [9.17, 15) is 29.4 Å². The van der Waals surface area contributed by atoms with E-state index in [0.29, 0.717) is 32.4 Å². The summed E-state index contributed by atoms with van der Waals surface area (Å²) < 4.78 is 19.8. The number of amides is 2. The average Bonchev–Trinajstić information content (AvgIpc) is 3.15. The van der Waals surface area contributed by atoms with Gasteiger partial charge >= 0.3 is 11.9 Å². The molecule has 0 unspecified atom stereocenters. The van der Waals surface area contributed by atoms with Gasteiger partial charge in [0, 0.05) is 32.5 Å². The molecule has 14 nitrogen and oxygen atoms in total. The minimum absolute atomic E-state index is 0.129. The second kappa shape index (κ2) is 23.5. The number of ether oxygens (including phenoxy) is 4. The number of nitrogens with one attached hydrogen (secondary N) is 2. The van der Waals surface area contributed by atoms with E-state index in [1.807, 2.05) is 0 Å². The zero-order valence-corrected chi connectivity index (χ0v) is 31.1. The lowest BCUT2D eigenvalue weighted by molar-refractivity contribution is -0.140. The predicted molar refractivity (Wildman–Crippen MR) is 198 cm³/mol. The Hall–Kier alpha value is -6.00. The van der Waals surface area contributed by atoms with Crippen molar-refractivity contribution in [2.45, 2.75) is 0 Å². The summed E-state index contributed by atoms with van der Waals surface area (Å²) in [6.07, 6.45) is 7.71. The Kier molecular flexibility index (Phi) is 19.1. The third-order valence-corrected chi connectivity index (χ3v) is 6.80. The van der Waals surface area contributed by atoms with Gasteiger partial charge in [0.05, 0.1) is 14.2 Å². The number of terminal acetylenes is 1. The summed E-state index contributed by atoms with van der Waals surface area (Å²) >= 11 is 14.5. The monoisotopic (exact) mass is 828 g/mol. The number of carbonyl (C=O) groups is 4. The Morgan fingerprint density at radius 3 is 1.64 bits per heavy atom. The van der Waals surface area contributed by atoms with Crippen LogP contribution in [0.1, 0.15) is 26.5 Å². The average molecular weight is 830 g/mol. The summed E-state index contributed by atoms with van der Waals surface area (Å²) in [4.78, 5) is 52.6. The van der Waals surface area contributed by atoms with E-state index in [2.05, 4.69) is 63.8 Å². The summed E-state index contributed by atoms with van der Waals surface area (Å²) in [7, 11) is 2.41. The largest absolute Gasteiger partial charge is 0.505 e. The number of benzene rings is 2. The molecule has 4 N–H and O–H groups in total. The molecule has 0 aliphatic carbocycles. The maximum atomic E-state index is 11.8. The summed E-state index contributed by atoms with van der Waals surface area (Å²) in [6, 6.07) is 16.6. The Labute approximate surface area is 322 Å². The van der Waals surface area contributed by atoms with Crippen molar-refractivity contribution in [1.29, 1.82) is 0 Å². The summed E-state index contributed by atoms with van der Waals surface area (Å²) in [6.45, 7) is -0.169. The van der Waals surface area contributed by atoms with E-state index in [1.165, 1.54) is 38.7 Å². The fourth-order valence-corrected chi connectivity index (χ4v) is 3.93. The van der Waals surface area contributed by atoms with Crippen molar-refractivity contribution in [3.63, 3.8) is 0 Å². The molecule has 2 heterocycles. The normalized spacial score (nSPS) is 9.43. The van der Waals surface area contributed by atoms with E-state index in [0.717, 1.165) is 5.75 Å². The molecule has 2 amide bonds. The van der Waals surface area contributed by atoms with Crippen LogP contribution in [0, 0.1) is 24.2 Å². The van der Waals surface area contributed by atoms with Crippen LogP contribution in [0.2, 0.25) is 10.0 Å². The summed E-state index contributed by atoms with van der Waals surface area (Å²) in [5, 5.41) is 25.2. The highest BCUT2D eigenvalue weighted by molar-refractivity contribution is 9.10. The second-order valence-corrected chi connectivity index (χ2v) is 11.4. The Bertz CT molecular complexity index is 1960. The number of hydrogen-bond acceptors (Lipinski definition) is 12. The zero-order chi connectivity index (χ0) is 39.2. The number of methoxy groups -OCH3 is 2. The third-order valence-electron chi connectivity index (χ3n) is 5.87. The summed E-state index contributed by atoms with van der Waals surface area (Å²) in [5.41, 5.74) is 0.0516. The first-order valence-corrected chi connectivity index (χ1v) is 16.3. The van der Waals surface area contributed by atoms with Crippen LogP contribution < -0.4 is 20.1 Å². The molecular weight excluding hydrogens is 799 g/mol. The maximum Gasteiger partial charge on any atom is 0.325 e.